The van der Waals surface area contributed by atoms with Crippen LogP contribution < -0.4 is 15.8 Å². The maximum atomic E-state index is 15.7. The van der Waals surface area contributed by atoms with E-state index in [1.807, 2.05) is 18.6 Å². The van der Waals surface area contributed by atoms with E-state index in [1.165, 1.54) is 0 Å². The average molecular weight is 642 g/mol. The van der Waals surface area contributed by atoms with Gasteiger partial charge in [0, 0.05) is 43.6 Å². The minimum absolute atomic E-state index is 0.0686. The molecule has 0 spiro atoms. The van der Waals surface area contributed by atoms with Crippen LogP contribution >= 0.6 is 0 Å². The van der Waals surface area contributed by atoms with Gasteiger partial charge in [-0.3, -0.25) is 9.40 Å². The molecule has 0 bridgehead atoms. The number of ether oxygens (including phenoxy) is 1. The molecule has 2 aromatic carbocycles. The number of hydrogen-bond acceptors (Lipinski definition) is 8. The zero-order valence-corrected chi connectivity index (χ0v) is 25.9. The van der Waals surface area contributed by atoms with E-state index in [9.17, 15) is 12.8 Å². The molecule has 0 amide bonds. The Hall–Kier alpha value is -4.19. The van der Waals surface area contributed by atoms with Gasteiger partial charge in [0.05, 0.1) is 34.8 Å². The molecule has 1 aliphatic carbocycles. The largest absolute Gasteiger partial charge is 0.383 e. The Kier molecular flexibility index (Phi) is 9.33. The molecule has 4 N–H and O–H groups in total. The first kappa shape index (κ1) is 32.2. The van der Waals surface area contributed by atoms with E-state index in [4.69, 9.17) is 15.7 Å². The first-order valence-corrected chi connectivity index (χ1v) is 16.0. The third-order valence-electron chi connectivity index (χ3n) is 8.08. The number of halogens is 3. The number of nitrogens with zero attached hydrogens (tertiary/aromatic N) is 4. The van der Waals surface area contributed by atoms with Gasteiger partial charge in [0.2, 0.25) is 0 Å². The second-order valence-electron chi connectivity index (χ2n) is 11.4. The molecule has 238 valence electrons. The van der Waals surface area contributed by atoms with Crippen molar-refractivity contribution in [3.8, 4) is 17.3 Å². The molecule has 0 aliphatic heterocycles. The lowest BCUT2D eigenvalue weighted by Crippen LogP contribution is -2.34. The summed E-state index contributed by atoms with van der Waals surface area (Å²) in [7, 11) is -3.05. The van der Waals surface area contributed by atoms with Crippen LogP contribution in [0.15, 0.2) is 41.4 Å². The molecular formula is C31H34F3N7O3S. The highest BCUT2D eigenvalue weighted by Crippen LogP contribution is 2.42. The summed E-state index contributed by atoms with van der Waals surface area (Å²) in [5.41, 5.74) is 6.93. The molecule has 4 aromatic rings. The van der Waals surface area contributed by atoms with Gasteiger partial charge in [-0.25, -0.2) is 26.6 Å². The zero-order valence-electron chi connectivity index (χ0n) is 25.1. The van der Waals surface area contributed by atoms with Gasteiger partial charge >= 0.3 is 0 Å². The summed E-state index contributed by atoms with van der Waals surface area (Å²) in [5.74, 6) is -3.01. The highest BCUT2D eigenvalue weighted by Gasteiger charge is 2.30. The van der Waals surface area contributed by atoms with Crippen LogP contribution in [0.1, 0.15) is 62.6 Å². The molecule has 10 nitrogen and oxygen atoms in total. The van der Waals surface area contributed by atoms with Crippen LogP contribution in [0.2, 0.25) is 0 Å². The Labute approximate surface area is 259 Å². The van der Waals surface area contributed by atoms with E-state index < -0.39 is 38.1 Å². The van der Waals surface area contributed by atoms with Crippen molar-refractivity contribution in [2.45, 2.75) is 62.4 Å². The normalized spacial score (nSPS) is 17.1. The van der Waals surface area contributed by atoms with Crippen molar-refractivity contribution in [2.24, 2.45) is 0 Å². The van der Waals surface area contributed by atoms with Crippen LogP contribution in [0.4, 0.5) is 24.7 Å². The second kappa shape index (κ2) is 13.0. The van der Waals surface area contributed by atoms with Crippen molar-refractivity contribution in [1.29, 1.82) is 5.26 Å². The highest BCUT2D eigenvalue weighted by atomic mass is 32.2. The smallest absolute Gasteiger partial charge is 0.264 e. The van der Waals surface area contributed by atoms with Crippen LogP contribution in [0.25, 0.3) is 22.2 Å². The van der Waals surface area contributed by atoms with Crippen molar-refractivity contribution in [3.05, 3.63) is 65.1 Å². The van der Waals surface area contributed by atoms with E-state index in [1.54, 1.807) is 24.1 Å². The van der Waals surface area contributed by atoms with Crippen LogP contribution in [0, 0.1) is 28.8 Å². The van der Waals surface area contributed by atoms with Gasteiger partial charge in [0.25, 0.3) is 10.0 Å². The molecule has 1 saturated carbocycles. The van der Waals surface area contributed by atoms with Crippen molar-refractivity contribution in [2.75, 3.05) is 30.7 Å². The molecule has 0 radical (unpaired) electrons. The van der Waals surface area contributed by atoms with E-state index in [0.717, 1.165) is 62.1 Å². The summed E-state index contributed by atoms with van der Waals surface area (Å²) in [4.78, 5) is 3.54. The Morgan fingerprint density at radius 3 is 2.51 bits per heavy atom. The monoisotopic (exact) mass is 641 g/mol. The van der Waals surface area contributed by atoms with Crippen LogP contribution in [-0.4, -0.2) is 49.5 Å². The highest BCUT2D eigenvalue weighted by molar-refractivity contribution is 7.92. The number of nitrogens with two attached hydrogens (primary N) is 1. The van der Waals surface area contributed by atoms with E-state index in [2.05, 4.69) is 15.4 Å². The number of fused-ring (bicyclic) bond motifs is 1. The lowest BCUT2D eigenvalue weighted by Gasteiger charge is -2.30. The Morgan fingerprint density at radius 1 is 1.11 bits per heavy atom. The van der Waals surface area contributed by atoms with Crippen LogP contribution in [-0.2, 0) is 14.8 Å². The quantitative estimate of drug-likeness (QED) is 0.189. The predicted octanol–water partition coefficient (Wildman–Crippen LogP) is 5.61. The summed E-state index contributed by atoms with van der Waals surface area (Å²) in [6.45, 7) is 5.25. The number of nitrogens with one attached hydrogen (secondary N) is 2. The fraction of sp³-hybridized carbons (Fsp3) is 0.387. The first-order valence-electron chi connectivity index (χ1n) is 14.6. The van der Waals surface area contributed by atoms with Crippen molar-refractivity contribution in [3.63, 3.8) is 0 Å². The summed E-state index contributed by atoms with van der Waals surface area (Å²) in [6.07, 6.45) is 5.41. The van der Waals surface area contributed by atoms with Crippen LogP contribution in [0.5, 0.6) is 0 Å². The lowest BCUT2D eigenvalue weighted by atomic mass is 9.81. The summed E-state index contributed by atoms with van der Waals surface area (Å²) in [5, 5.41) is 17.6. The average Bonchev–Trinajstić information content (AvgIpc) is 3.41. The summed E-state index contributed by atoms with van der Waals surface area (Å²) >= 11 is 0. The van der Waals surface area contributed by atoms with Gasteiger partial charge in [-0.15, -0.1) is 0 Å². The van der Waals surface area contributed by atoms with Gasteiger partial charge < -0.3 is 15.8 Å². The predicted molar refractivity (Wildman–Crippen MR) is 164 cm³/mol. The standard InChI is InChI=1S/C31H34F3N7O3S/c1-17(2)41-30-22(19-5-7-20(8-6-19)37-10-11-44-3)16-38-31(36)28(30)29(39-41)21-13-25(34)26(14-24(21)33)40-45(42,43)27-12-18(15-35)4-9-23(27)32/h4,9,12-14,16-17,19-20,37,40H,5-8,10-11H2,1-3H3,(H2,36,38)/t19-,20-. The van der Waals surface area contributed by atoms with Crippen molar-refractivity contribution < 1.29 is 26.3 Å². The molecule has 0 unspecified atom stereocenters. The topological polar surface area (TPSA) is 148 Å². The molecule has 45 heavy (non-hydrogen) atoms. The Morgan fingerprint density at radius 2 is 1.84 bits per heavy atom. The SMILES string of the molecule is COCCN[C@H]1CC[C@H](c2cnc(N)c3c(-c4cc(F)c(NS(=O)(=O)c5cc(C#N)ccc5F)cc4F)nn(C(C)C)c32)CC1. The second-order valence-corrected chi connectivity index (χ2v) is 13.0. The minimum Gasteiger partial charge on any atom is -0.383 e. The first-order chi connectivity index (χ1) is 21.4. The third-order valence-corrected chi connectivity index (χ3v) is 9.46. The molecule has 2 heterocycles. The number of hydrogen-bond donors (Lipinski definition) is 3. The summed E-state index contributed by atoms with van der Waals surface area (Å²) in [6, 6.07) is 6.14. The number of nitrogen functional groups attached to an aromatic ring is 1. The number of pyridine rings is 1. The van der Waals surface area contributed by atoms with Crippen molar-refractivity contribution >= 4 is 32.4 Å². The maximum Gasteiger partial charge on any atom is 0.264 e. The number of rotatable bonds is 10. The molecule has 5 rings (SSSR count). The molecule has 0 atom stereocenters. The fourth-order valence-electron chi connectivity index (χ4n) is 5.84. The maximum absolute atomic E-state index is 15.7. The van der Waals surface area contributed by atoms with Crippen LogP contribution in [0.3, 0.4) is 0 Å². The van der Waals surface area contributed by atoms with Gasteiger partial charge in [-0.2, -0.15) is 10.4 Å². The van der Waals surface area contributed by atoms with E-state index in [-0.39, 0.29) is 34.6 Å². The van der Waals surface area contributed by atoms with Gasteiger partial charge in [-0.1, -0.05) is 0 Å². The molecule has 0 saturated heterocycles. The number of nitriles is 1. The molecule has 14 heteroatoms. The van der Waals surface area contributed by atoms with E-state index >= 15 is 8.78 Å². The van der Waals surface area contributed by atoms with Crippen molar-refractivity contribution in [1.82, 2.24) is 20.1 Å². The number of aromatic nitrogens is 3. The zero-order chi connectivity index (χ0) is 32.5. The number of sulfonamides is 1. The third kappa shape index (κ3) is 6.47. The Bertz CT molecular complexity index is 1880. The number of methoxy groups -OCH3 is 1. The fourth-order valence-corrected chi connectivity index (χ4v) is 7.00. The van der Waals surface area contributed by atoms with Gasteiger partial charge in [0.15, 0.2) is 0 Å². The molecule has 2 aromatic heterocycles. The molecule has 1 fully saturated rings. The minimum atomic E-state index is -4.71. The van der Waals surface area contributed by atoms with E-state index in [0.29, 0.717) is 29.6 Å². The Balaban J connectivity index is 1.52. The number of anilines is 2. The van der Waals surface area contributed by atoms with Gasteiger partial charge in [-0.05, 0) is 75.3 Å². The van der Waals surface area contributed by atoms with Gasteiger partial charge in [0.1, 0.15) is 33.9 Å². The number of benzene rings is 2. The lowest BCUT2D eigenvalue weighted by molar-refractivity contribution is 0.191. The molecule has 1 aliphatic rings. The summed E-state index contributed by atoms with van der Waals surface area (Å²) < 4.78 is 80.1. The molecular weight excluding hydrogens is 607 g/mol.